The Labute approximate surface area is 122 Å². The molecule has 0 heterocycles. The van der Waals surface area contributed by atoms with Crippen LogP contribution in [0.25, 0.3) is 0 Å². The fourth-order valence-electron chi connectivity index (χ4n) is 1.59. The fraction of sp³-hybridized carbons (Fsp3) is 1.00. The summed E-state index contributed by atoms with van der Waals surface area (Å²) in [6.07, 6.45) is 1.87. The van der Waals surface area contributed by atoms with Crippen molar-refractivity contribution < 1.29 is 4.74 Å². The van der Waals surface area contributed by atoms with Gasteiger partial charge in [-0.15, -0.1) is 0 Å². The number of rotatable bonds is 8. The van der Waals surface area contributed by atoms with Crippen molar-refractivity contribution in [2.24, 2.45) is 11.3 Å². The first-order chi connectivity index (χ1) is 8.36. The largest absolute Gasteiger partial charge is 0.385 e. The van der Waals surface area contributed by atoms with Crippen molar-refractivity contribution in [1.82, 2.24) is 5.32 Å². The summed E-state index contributed by atoms with van der Waals surface area (Å²) < 4.78 is 5.87. The van der Waals surface area contributed by atoms with Gasteiger partial charge < -0.3 is 10.1 Å². The number of hydrogen-bond acceptors (Lipinski definition) is 2. The van der Waals surface area contributed by atoms with E-state index in [-0.39, 0.29) is 5.54 Å². The summed E-state index contributed by atoms with van der Waals surface area (Å²) in [6.45, 7) is 19.2. The third kappa shape index (κ3) is 9.51. The van der Waals surface area contributed by atoms with Gasteiger partial charge in [-0.25, -0.2) is 0 Å². The van der Waals surface area contributed by atoms with Gasteiger partial charge in [0.05, 0.1) is 0 Å². The Kier molecular flexibility index (Phi) is 7.12. The van der Waals surface area contributed by atoms with Crippen molar-refractivity contribution in [3.05, 3.63) is 0 Å². The zero-order valence-corrected chi connectivity index (χ0v) is 14.4. The molecule has 0 saturated heterocycles. The Hall–Kier alpha value is -0.0151. The fourth-order valence-corrected chi connectivity index (χ4v) is 1.59. The second-order valence-corrected chi connectivity index (χ2v) is 7.98. The highest BCUT2D eigenvalue weighted by molar-refractivity contribution is 6.14. The highest BCUT2D eigenvalue weighted by Crippen LogP contribution is 2.30. The second-order valence-electron chi connectivity index (χ2n) is 7.98. The molecular formula is C16H34BNO. The molecule has 0 aromatic rings. The van der Waals surface area contributed by atoms with Crippen LogP contribution in [0.4, 0.5) is 0 Å². The molecule has 0 aliphatic heterocycles. The maximum absolute atomic E-state index is 6.19. The standard InChI is InChI=1S/C16H34BNO/c1-13(2)15(6,7)10-12-19-16(8,17)9-11-18-14(3,4)5/h13,18H,9-12H2,1-8H3. The van der Waals surface area contributed by atoms with Crippen LogP contribution in [-0.2, 0) is 4.74 Å². The Bertz CT molecular complexity index is 254. The van der Waals surface area contributed by atoms with Crippen LogP contribution < -0.4 is 5.32 Å². The van der Waals surface area contributed by atoms with Crippen molar-refractivity contribution >= 4 is 7.85 Å². The van der Waals surface area contributed by atoms with Crippen LogP contribution in [0.1, 0.15) is 68.2 Å². The van der Waals surface area contributed by atoms with Gasteiger partial charge in [-0.2, -0.15) is 0 Å². The van der Waals surface area contributed by atoms with Crippen molar-refractivity contribution in [3.63, 3.8) is 0 Å². The van der Waals surface area contributed by atoms with Gasteiger partial charge in [0, 0.05) is 17.6 Å². The lowest BCUT2D eigenvalue weighted by Gasteiger charge is -2.33. The third-order valence-corrected chi connectivity index (χ3v) is 4.02. The van der Waals surface area contributed by atoms with Crippen molar-refractivity contribution in [2.45, 2.75) is 79.3 Å². The Morgan fingerprint density at radius 2 is 1.53 bits per heavy atom. The predicted molar refractivity (Wildman–Crippen MR) is 85.7 cm³/mol. The molecule has 1 N–H and O–H groups in total. The van der Waals surface area contributed by atoms with E-state index < -0.39 is 5.50 Å². The molecule has 0 rings (SSSR count). The van der Waals surface area contributed by atoms with Gasteiger partial charge in [0.25, 0.3) is 0 Å². The van der Waals surface area contributed by atoms with Crippen molar-refractivity contribution in [2.75, 3.05) is 13.2 Å². The number of ether oxygens (including phenoxy) is 1. The molecule has 0 aromatic carbocycles. The Balaban J connectivity index is 3.98. The molecule has 0 aromatic heterocycles. The van der Waals surface area contributed by atoms with Crippen LogP contribution in [0.15, 0.2) is 0 Å². The van der Waals surface area contributed by atoms with Crippen LogP contribution in [0.2, 0.25) is 0 Å². The SMILES string of the molecule is [B]C(C)(CCNC(C)(C)C)OCCC(C)(C)C(C)C. The summed E-state index contributed by atoms with van der Waals surface area (Å²) in [5.74, 6) is 0.655. The molecule has 0 spiro atoms. The highest BCUT2D eigenvalue weighted by atomic mass is 16.5. The second kappa shape index (κ2) is 7.13. The normalized spacial score (nSPS) is 16.7. The molecule has 2 radical (unpaired) electrons. The van der Waals surface area contributed by atoms with E-state index in [0.29, 0.717) is 11.3 Å². The zero-order valence-electron chi connectivity index (χ0n) is 14.4. The van der Waals surface area contributed by atoms with E-state index in [4.69, 9.17) is 12.6 Å². The van der Waals surface area contributed by atoms with E-state index >= 15 is 0 Å². The molecule has 19 heavy (non-hydrogen) atoms. The van der Waals surface area contributed by atoms with E-state index in [2.05, 4.69) is 53.8 Å². The average Bonchev–Trinajstić information content (AvgIpc) is 2.13. The van der Waals surface area contributed by atoms with Gasteiger partial charge in [-0.3, -0.25) is 0 Å². The van der Waals surface area contributed by atoms with Crippen molar-refractivity contribution in [3.8, 4) is 0 Å². The molecule has 0 bridgehead atoms. The summed E-state index contributed by atoms with van der Waals surface area (Å²) in [5.41, 5.74) is -0.0965. The quantitative estimate of drug-likeness (QED) is 0.676. The van der Waals surface area contributed by atoms with Crippen LogP contribution in [0, 0.1) is 11.3 Å². The van der Waals surface area contributed by atoms with Crippen LogP contribution in [0.5, 0.6) is 0 Å². The number of hydrogen-bond donors (Lipinski definition) is 1. The minimum atomic E-state index is -0.536. The van der Waals surface area contributed by atoms with Gasteiger partial charge in [0.2, 0.25) is 0 Å². The lowest BCUT2D eigenvalue weighted by atomic mass is 9.78. The zero-order chi connectivity index (χ0) is 15.3. The molecule has 0 saturated carbocycles. The molecule has 0 fully saturated rings. The molecule has 112 valence electrons. The van der Waals surface area contributed by atoms with Gasteiger partial charge in [-0.1, -0.05) is 27.7 Å². The molecule has 3 heteroatoms. The summed E-state index contributed by atoms with van der Waals surface area (Å²) in [4.78, 5) is 0. The van der Waals surface area contributed by atoms with Gasteiger partial charge in [0.15, 0.2) is 0 Å². The summed E-state index contributed by atoms with van der Waals surface area (Å²) in [6, 6.07) is 0. The summed E-state index contributed by atoms with van der Waals surface area (Å²) >= 11 is 0. The summed E-state index contributed by atoms with van der Waals surface area (Å²) in [5, 5.41) is 3.44. The number of nitrogens with one attached hydrogen (secondary N) is 1. The average molecular weight is 267 g/mol. The minimum absolute atomic E-state index is 0.135. The van der Waals surface area contributed by atoms with Crippen LogP contribution in [-0.4, -0.2) is 32.0 Å². The van der Waals surface area contributed by atoms with E-state index in [1.807, 2.05) is 6.92 Å². The third-order valence-electron chi connectivity index (χ3n) is 4.02. The predicted octanol–water partition coefficient (Wildman–Crippen LogP) is 3.74. The van der Waals surface area contributed by atoms with Crippen LogP contribution >= 0.6 is 0 Å². The molecular weight excluding hydrogens is 233 g/mol. The maximum Gasteiger partial charge on any atom is 0.113 e. The Morgan fingerprint density at radius 3 is 1.95 bits per heavy atom. The van der Waals surface area contributed by atoms with E-state index in [0.717, 1.165) is 26.0 Å². The van der Waals surface area contributed by atoms with Crippen molar-refractivity contribution in [1.29, 1.82) is 0 Å². The molecule has 0 aliphatic rings. The highest BCUT2D eigenvalue weighted by Gasteiger charge is 2.24. The van der Waals surface area contributed by atoms with E-state index in [1.165, 1.54) is 0 Å². The van der Waals surface area contributed by atoms with E-state index in [1.54, 1.807) is 0 Å². The first kappa shape index (κ1) is 19.0. The maximum atomic E-state index is 6.19. The molecule has 2 nitrogen and oxygen atoms in total. The van der Waals surface area contributed by atoms with Crippen LogP contribution in [0.3, 0.4) is 0 Å². The van der Waals surface area contributed by atoms with Gasteiger partial charge in [-0.05, 0) is 58.4 Å². The molecule has 0 amide bonds. The van der Waals surface area contributed by atoms with E-state index in [9.17, 15) is 0 Å². The molecule has 1 unspecified atom stereocenters. The Morgan fingerprint density at radius 1 is 1.00 bits per heavy atom. The monoisotopic (exact) mass is 267 g/mol. The smallest absolute Gasteiger partial charge is 0.113 e. The topological polar surface area (TPSA) is 21.3 Å². The van der Waals surface area contributed by atoms with Gasteiger partial charge in [0.1, 0.15) is 7.85 Å². The summed E-state index contributed by atoms with van der Waals surface area (Å²) in [7, 11) is 6.19. The molecule has 0 aliphatic carbocycles. The first-order valence-corrected chi connectivity index (χ1v) is 7.54. The lowest BCUT2D eigenvalue weighted by Crippen LogP contribution is -2.41. The minimum Gasteiger partial charge on any atom is -0.385 e. The lowest BCUT2D eigenvalue weighted by molar-refractivity contribution is 0.00472. The van der Waals surface area contributed by atoms with Gasteiger partial charge >= 0.3 is 0 Å². The first-order valence-electron chi connectivity index (χ1n) is 7.54. The molecule has 1 atom stereocenters.